The zero-order valence-corrected chi connectivity index (χ0v) is 6.00. The number of ether oxygens (including phenoxy) is 1. The molecule has 0 radical (unpaired) electrons. The van der Waals surface area contributed by atoms with Gasteiger partial charge < -0.3 is 15.8 Å². The third-order valence-corrected chi connectivity index (χ3v) is 1.49. The van der Waals surface area contributed by atoms with Crippen LogP contribution in [0.25, 0.3) is 0 Å². The van der Waals surface area contributed by atoms with Gasteiger partial charge in [0.15, 0.2) is 6.10 Å². The number of amides is 2. The molecular weight excluding hydrogens is 148 g/mol. The molecule has 1 aliphatic rings. The van der Waals surface area contributed by atoms with Crippen molar-refractivity contribution < 1.29 is 14.3 Å². The molecule has 1 aliphatic heterocycles. The number of rotatable bonds is 1. The van der Waals surface area contributed by atoms with Gasteiger partial charge in [-0.25, -0.2) is 4.79 Å². The minimum Gasteiger partial charge on any atom is -0.436 e. The van der Waals surface area contributed by atoms with E-state index in [0.29, 0.717) is 13.0 Å². The summed E-state index contributed by atoms with van der Waals surface area (Å²) in [6, 6.07) is 0. The van der Waals surface area contributed by atoms with Crippen molar-refractivity contribution in [3.05, 3.63) is 0 Å². The molecule has 1 saturated heterocycles. The van der Waals surface area contributed by atoms with E-state index in [2.05, 4.69) is 10.1 Å². The van der Waals surface area contributed by atoms with Crippen LogP contribution in [-0.2, 0) is 9.53 Å². The van der Waals surface area contributed by atoms with Crippen molar-refractivity contribution in [2.75, 3.05) is 6.54 Å². The summed E-state index contributed by atoms with van der Waals surface area (Å²) in [4.78, 5) is 21.1. The van der Waals surface area contributed by atoms with Gasteiger partial charge in [0.05, 0.1) is 0 Å². The molecule has 0 saturated carbocycles. The lowest BCUT2D eigenvalue weighted by Gasteiger charge is -2.20. The summed E-state index contributed by atoms with van der Waals surface area (Å²) in [7, 11) is 0. The fraction of sp³-hybridized carbons (Fsp3) is 0.667. The van der Waals surface area contributed by atoms with Crippen molar-refractivity contribution in [2.24, 2.45) is 5.73 Å². The second-order valence-corrected chi connectivity index (χ2v) is 2.36. The zero-order valence-electron chi connectivity index (χ0n) is 6.00. The quantitative estimate of drug-likeness (QED) is 0.532. The molecule has 1 fully saturated rings. The highest BCUT2D eigenvalue weighted by Gasteiger charge is 2.24. The second kappa shape index (κ2) is 3.23. The molecule has 11 heavy (non-hydrogen) atoms. The minimum absolute atomic E-state index is 0.255. The number of primary amides is 1. The van der Waals surface area contributed by atoms with Crippen molar-refractivity contribution in [1.82, 2.24) is 5.32 Å². The van der Waals surface area contributed by atoms with E-state index in [1.54, 1.807) is 0 Å². The van der Waals surface area contributed by atoms with Crippen molar-refractivity contribution in [3.8, 4) is 0 Å². The molecule has 0 aliphatic carbocycles. The van der Waals surface area contributed by atoms with Gasteiger partial charge in [0, 0.05) is 6.54 Å². The Balaban J connectivity index is 2.42. The van der Waals surface area contributed by atoms with E-state index in [4.69, 9.17) is 5.73 Å². The predicted octanol–water partition coefficient (Wildman–Crippen LogP) is -0.640. The normalized spacial score (nSPS) is 24.0. The third kappa shape index (κ3) is 2.10. The van der Waals surface area contributed by atoms with Gasteiger partial charge in [-0.15, -0.1) is 0 Å². The molecule has 1 heterocycles. The molecule has 1 atom stereocenters. The molecular formula is C6H10N2O3. The summed E-state index contributed by atoms with van der Waals surface area (Å²) < 4.78 is 4.53. The lowest BCUT2D eigenvalue weighted by Crippen LogP contribution is -2.43. The molecule has 5 nitrogen and oxygen atoms in total. The van der Waals surface area contributed by atoms with Crippen LogP contribution in [0.5, 0.6) is 0 Å². The molecule has 2 amide bonds. The highest BCUT2D eigenvalue weighted by atomic mass is 16.6. The number of nitrogens with one attached hydrogen (secondary N) is 1. The lowest BCUT2D eigenvalue weighted by atomic mass is 10.1. The second-order valence-electron chi connectivity index (χ2n) is 2.36. The molecule has 0 bridgehead atoms. The average Bonchev–Trinajstić information content (AvgIpc) is 1.93. The van der Waals surface area contributed by atoms with Crippen LogP contribution in [-0.4, -0.2) is 24.6 Å². The number of nitrogens with two attached hydrogens (primary N) is 1. The Morgan fingerprint density at radius 2 is 2.45 bits per heavy atom. The Kier molecular flexibility index (Phi) is 2.30. The standard InChI is InChI=1S/C6H10N2O3/c7-6(10)11-4-2-1-3-8-5(4)9/h4H,1-3H2,(H2,7,10)(H,8,9). The first-order chi connectivity index (χ1) is 5.20. The van der Waals surface area contributed by atoms with Crippen molar-refractivity contribution in [2.45, 2.75) is 18.9 Å². The van der Waals surface area contributed by atoms with E-state index in [0.717, 1.165) is 6.42 Å². The number of hydrogen-bond acceptors (Lipinski definition) is 3. The van der Waals surface area contributed by atoms with Gasteiger partial charge in [-0.2, -0.15) is 0 Å². The third-order valence-electron chi connectivity index (χ3n) is 1.49. The highest BCUT2D eigenvalue weighted by molar-refractivity contribution is 5.83. The van der Waals surface area contributed by atoms with E-state index in [9.17, 15) is 9.59 Å². The largest absolute Gasteiger partial charge is 0.436 e. The Hall–Kier alpha value is -1.26. The highest BCUT2D eigenvalue weighted by Crippen LogP contribution is 2.06. The summed E-state index contributed by atoms with van der Waals surface area (Å²) in [6.45, 7) is 0.650. The van der Waals surface area contributed by atoms with Crippen LogP contribution in [0, 0.1) is 0 Å². The van der Waals surface area contributed by atoms with Gasteiger partial charge in [-0.3, -0.25) is 4.79 Å². The summed E-state index contributed by atoms with van der Waals surface area (Å²) in [6.07, 6.45) is -0.188. The molecule has 0 aromatic carbocycles. The van der Waals surface area contributed by atoms with Gasteiger partial charge in [-0.05, 0) is 12.8 Å². The van der Waals surface area contributed by atoms with Crippen LogP contribution < -0.4 is 11.1 Å². The maximum absolute atomic E-state index is 10.9. The first-order valence-corrected chi connectivity index (χ1v) is 3.44. The zero-order chi connectivity index (χ0) is 8.27. The molecule has 5 heteroatoms. The topological polar surface area (TPSA) is 81.4 Å². The molecule has 62 valence electrons. The monoisotopic (exact) mass is 158 g/mol. The van der Waals surface area contributed by atoms with E-state index >= 15 is 0 Å². The van der Waals surface area contributed by atoms with E-state index in [-0.39, 0.29) is 5.91 Å². The Morgan fingerprint density at radius 1 is 1.73 bits per heavy atom. The average molecular weight is 158 g/mol. The lowest BCUT2D eigenvalue weighted by molar-refractivity contribution is -0.131. The summed E-state index contributed by atoms with van der Waals surface area (Å²) in [5, 5.41) is 2.57. The SMILES string of the molecule is NC(=O)OC1CCCNC1=O. The van der Waals surface area contributed by atoms with Crippen molar-refractivity contribution in [3.63, 3.8) is 0 Å². The Bertz CT molecular complexity index is 181. The summed E-state index contributed by atoms with van der Waals surface area (Å²) in [5.41, 5.74) is 4.74. The Morgan fingerprint density at radius 3 is 3.00 bits per heavy atom. The fourth-order valence-electron chi connectivity index (χ4n) is 0.997. The van der Waals surface area contributed by atoms with Crippen LogP contribution in [0.1, 0.15) is 12.8 Å². The summed E-state index contributed by atoms with van der Waals surface area (Å²) in [5.74, 6) is -0.255. The van der Waals surface area contributed by atoms with Crippen LogP contribution in [0.3, 0.4) is 0 Å². The van der Waals surface area contributed by atoms with Crippen LogP contribution in [0.4, 0.5) is 4.79 Å². The van der Waals surface area contributed by atoms with Crippen LogP contribution in [0.15, 0.2) is 0 Å². The fourth-order valence-corrected chi connectivity index (χ4v) is 0.997. The predicted molar refractivity (Wildman–Crippen MR) is 36.7 cm³/mol. The number of carbonyl (C=O) groups excluding carboxylic acids is 2. The maximum Gasteiger partial charge on any atom is 0.405 e. The first-order valence-electron chi connectivity index (χ1n) is 3.44. The Labute approximate surface area is 63.9 Å². The van der Waals surface area contributed by atoms with Gasteiger partial charge >= 0.3 is 6.09 Å². The van der Waals surface area contributed by atoms with Crippen LogP contribution in [0.2, 0.25) is 0 Å². The van der Waals surface area contributed by atoms with Crippen molar-refractivity contribution in [1.29, 1.82) is 0 Å². The van der Waals surface area contributed by atoms with Gasteiger partial charge in [0.2, 0.25) is 0 Å². The maximum atomic E-state index is 10.9. The van der Waals surface area contributed by atoms with E-state index in [1.165, 1.54) is 0 Å². The van der Waals surface area contributed by atoms with Crippen LogP contribution >= 0.6 is 0 Å². The molecule has 1 rings (SSSR count). The smallest absolute Gasteiger partial charge is 0.405 e. The molecule has 0 aromatic heterocycles. The first kappa shape index (κ1) is 7.84. The number of hydrogen-bond donors (Lipinski definition) is 2. The molecule has 1 unspecified atom stereocenters. The molecule has 3 N–H and O–H groups in total. The number of carbonyl (C=O) groups is 2. The number of piperidine rings is 1. The van der Waals surface area contributed by atoms with Gasteiger partial charge in [0.25, 0.3) is 5.91 Å². The summed E-state index contributed by atoms with van der Waals surface area (Å²) >= 11 is 0. The minimum atomic E-state index is -0.896. The van der Waals surface area contributed by atoms with Gasteiger partial charge in [0.1, 0.15) is 0 Å². The molecule has 0 spiro atoms. The van der Waals surface area contributed by atoms with E-state index in [1.807, 2.05) is 0 Å². The van der Waals surface area contributed by atoms with Crippen molar-refractivity contribution >= 4 is 12.0 Å². The van der Waals surface area contributed by atoms with E-state index < -0.39 is 12.2 Å². The molecule has 0 aromatic rings. The van der Waals surface area contributed by atoms with Gasteiger partial charge in [-0.1, -0.05) is 0 Å².